The van der Waals surface area contributed by atoms with E-state index in [-0.39, 0.29) is 6.54 Å². The van der Waals surface area contributed by atoms with Gasteiger partial charge in [-0.15, -0.1) is 0 Å². The first-order chi connectivity index (χ1) is 7.11. The summed E-state index contributed by atoms with van der Waals surface area (Å²) in [5.41, 5.74) is 0. The van der Waals surface area contributed by atoms with Gasteiger partial charge in [0.1, 0.15) is 36.9 Å². The van der Waals surface area contributed by atoms with Crippen molar-refractivity contribution in [2.45, 2.75) is 30.6 Å². The number of carbonyl (C=O) groups excluding carboxylic acids is 1. The molecular formula is C8H15NO6. The molecule has 0 aliphatic carbocycles. The van der Waals surface area contributed by atoms with E-state index in [1.54, 1.807) is 0 Å². The first-order valence-electron chi connectivity index (χ1n) is 4.59. The van der Waals surface area contributed by atoms with Crippen LogP contribution in [0.25, 0.3) is 0 Å². The van der Waals surface area contributed by atoms with E-state index in [2.05, 4.69) is 5.32 Å². The van der Waals surface area contributed by atoms with Crippen molar-refractivity contribution in [1.82, 2.24) is 5.32 Å². The van der Waals surface area contributed by atoms with Crippen LogP contribution in [0.15, 0.2) is 0 Å². The van der Waals surface area contributed by atoms with Crippen molar-refractivity contribution >= 4 is 6.29 Å². The molecule has 1 heterocycles. The molecule has 5 atom stereocenters. The zero-order valence-electron chi connectivity index (χ0n) is 7.98. The number of hydrogen-bond acceptors (Lipinski definition) is 7. The number of aliphatic hydroxyl groups excluding tert-OH is 4. The van der Waals surface area contributed by atoms with Gasteiger partial charge in [0.2, 0.25) is 0 Å². The topological polar surface area (TPSA) is 119 Å². The second-order valence-electron chi connectivity index (χ2n) is 3.32. The molecule has 0 amide bonds. The van der Waals surface area contributed by atoms with Crippen molar-refractivity contribution in [3.05, 3.63) is 0 Å². The lowest BCUT2D eigenvalue weighted by molar-refractivity contribution is -0.236. The molecule has 88 valence electrons. The Balaban J connectivity index is 2.60. The van der Waals surface area contributed by atoms with Gasteiger partial charge in [-0.05, 0) is 0 Å². The molecule has 5 N–H and O–H groups in total. The van der Waals surface area contributed by atoms with Gasteiger partial charge in [-0.3, -0.25) is 5.32 Å². The molecule has 0 aromatic rings. The van der Waals surface area contributed by atoms with Gasteiger partial charge < -0.3 is 30.0 Å². The molecular weight excluding hydrogens is 206 g/mol. The Kier molecular flexibility index (Phi) is 4.58. The summed E-state index contributed by atoms with van der Waals surface area (Å²) >= 11 is 0. The number of aldehydes is 1. The first kappa shape index (κ1) is 12.5. The van der Waals surface area contributed by atoms with Gasteiger partial charge in [-0.25, -0.2) is 0 Å². The molecule has 7 nitrogen and oxygen atoms in total. The summed E-state index contributed by atoms with van der Waals surface area (Å²) in [4.78, 5) is 10.1. The van der Waals surface area contributed by atoms with Gasteiger partial charge >= 0.3 is 0 Å². The quantitative estimate of drug-likeness (QED) is 0.313. The molecule has 1 rings (SSSR count). The molecule has 1 unspecified atom stereocenters. The van der Waals surface area contributed by atoms with E-state index in [1.165, 1.54) is 0 Å². The van der Waals surface area contributed by atoms with Crippen LogP contribution in [-0.4, -0.2) is 70.5 Å². The number of hydrogen-bond donors (Lipinski definition) is 5. The van der Waals surface area contributed by atoms with Gasteiger partial charge in [0.05, 0.1) is 13.2 Å². The lowest BCUT2D eigenvalue weighted by atomic mass is 9.98. The van der Waals surface area contributed by atoms with E-state index < -0.39 is 37.3 Å². The standard InChI is InChI=1S/C8H15NO6/c10-2-1-9-8-7(14)6(13)5(12)4(3-11)15-8/h2,4-9,11-14H,1,3H2/t4-,5+,6+,7-,8?/m1/s1. The Labute approximate surface area is 86.3 Å². The van der Waals surface area contributed by atoms with Crippen molar-refractivity contribution < 1.29 is 30.0 Å². The molecule has 1 aliphatic rings. The third-order valence-electron chi connectivity index (χ3n) is 2.29. The van der Waals surface area contributed by atoms with Crippen molar-refractivity contribution in [3.63, 3.8) is 0 Å². The van der Waals surface area contributed by atoms with E-state index in [1.807, 2.05) is 0 Å². The van der Waals surface area contributed by atoms with Crippen molar-refractivity contribution in [1.29, 1.82) is 0 Å². The fourth-order valence-electron chi connectivity index (χ4n) is 1.43. The highest BCUT2D eigenvalue weighted by Gasteiger charge is 2.42. The van der Waals surface area contributed by atoms with Crippen LogP contribution in [0.4, 0.5) is 0 Å². The molecule has 0 spiro atoms. The predicted octanol–water partition coefficient (Wildman–Crippen LogP) is -3.43. The molecule has 0 bridgehead atoms. The van der Waals surface area contributed by atoms with Crippen LogP contribution in [-0.2, 0) is 9.53 Å². The Morgan fingerprint density at radius 2 is 1.87 bits per heavy atom. The molecule has 0 aromatic heterocycles. The van der Waals surface area contributed by atoms with E-state index in [9.17, 15) is 20.1 Å². The maximum Gasteiger partial charge on any atom is 0.137 e. The molecule has 1 saturated heterocycles. The van der Waals surface area contributed by atoms with Crippen molar-refractivity contribution in [2.75, 3.05) is 13.2 Å². The van der Waals surface area contributed by atoms with Crippen LogP contribution in [0.3, 0.4) is 0 Å². The third kappa shape index (κ3) is 2.71. The van der Waals surface area contributed by atoms with Gasteiger partial charge in [-0.1, -0.05) is 0 Å². The van der Waals surface area contributed by atoms with Crippen LogP contribution in [0.1, 0.15) is 0 Å². The SMILES string of the molecule is O=CCNC1O[C@H](CO)[C@H](O)[C@H](O)[C@H]1O. The van der Waals surface area contributed by atoms with Crippen molar-refractivity contribution in [3.8, 4) is 0 Å². The first-order valence-corrected chi connectivity index (χ1v) is 4.59. The third-order valence-corrected chi connectivity index (χ3v) is 2.29. The monoisotopic (exact) mass is 221 g/mol. The Bertz CT molecular complexity index is 211. The number of aliphatic hydroxyl groups is 4. The highest BCUT2D eigenvalue weighted by Crippen LogP contribution is 2.19. The zero-order chi connectivity index (χ0) is 11.4. The minimum atomic E-state index is -1.42. The Morgan fingerprint density at radius 3 is 2.40 bits per heavy atom. The van der Waals surface area contributed by atoms with E-state index in [0.29, 0.717) is 6.29 Å². The number of ether oxygens (including phenoxy) is 1. The Hall–Kier alpha value is -0.570. The summed E-state index contributed by atoms with van der Waals surface area (Å²) in [6.07, 6.45) is -5.50. The second kappa shape index (κ2) is 5.50. The maximum atomic E-state index is 10.1. The molecule has 0 aromatic carbocycles. The maximum absolute atomic E-state index is 10.1. The lowest BCUT2D eigenvalue weighted by Crippen LogP contribution is -2.62. The van der Waals surface area contributed by atoms with E-state index >= 15 is 0 Å². The van der Waals surface area contributed by atoms with Crippen LogP contribution in [0.5, 0.6) is 0 Å². The Morgan fingerprint density at radius 1 is 1.20 bits per heavy atom. The van der Waals surface area contributed by atoms with Crippen molar-refractivity contribution in [2.24, 2.45) is 0 Å². The molecule has 0 radical (unpaired) electrons. The fourth-order valence-corrected chi connectivity index (χ4v) is 1.43. The highest BCUT2D eigenvalue weighted by molar-refractivity contribution is 5.51. The average molecular weight is 221 g/mol. The predicted molar refractivity (Wildman–Crippen MR) is 47.8 cm³/mol. The fraction of sp³-hybridized carbons (Fsp3) is 0.875. The van der Waals surface area contributed by atoms with E-state index in [0.717, 1.165) is 0 Å². The van der Waals surface area contributed by atoms with Crippen LogP contribution >= 0.6 is 0 Å². The number of nitrogens with one attached hydrogen (secondary N) is 1. The summed E-state index contributed by atoms with van der Waals surface area (Å²) in [7, 11) is 0. The number of carbonyl (C=O) groups is 1. The summed E-state index contributed by atoms with van der Waals surface area (Å²) in [5, 5.41) is 39.6. The van der Waals surface area contributed by atoms with Gasteiger partial charge in [0.15, 0.2) is 0 Å². The van der Waals surface area contributed by atoms with Crippen LogP contribution < -0.4 is 5.32 Å². The zero-order valence-corrected chi connectivity index (χ0v) is 7.98. The summed E-state index contributed by atoms with van der Waals surface area (Å²) in [5.74, 6) is 0. The molecule has 0 saturated carbocycles. The average Bonchev–Trinajstić information content (AvgIpc) is 2.25. The summed E-state index contributed by atoms with van der Waals surface area (Å²) in [6.45, 7) is -0.535. The minimum absolute atomic E-state index is 0.0529. The van der Waals surface area contributed by atoms with Crippen LogP contribution in [0.2, 0.25) is 0 Å². The summed E-state index contributed by atoms with van der Waals surface area (Å²) < 4.78 is 5.05. The van der Waals surface area contributed by atoms with E-state index in [4.69, 9.17) is 9.84 Å². The van der Waals surface area contributed by atoms with Crippen LogP contribution in [0, 0.1) is 0 Å². The van der Waals surface area contributed by atoms with Gasteiger partial charge in [0.25, 0.3) is 0 Å². The molecule has 7 heteroatoms. The second-order valence-corrected chi connectivity index (χ2v) is 3.32. The molecule has 15 heavy (non-hydrogen) atoms. The van der Waals surface area contributed by atoms with Gasteiger partial charge in [0, 0.05) is 0 Å². The minimum Gasteiger partial charge on any atom is -0.394 e. The normalized spacial score (nSPS) is 41.5. The highest BCUT2D eigenvalue weighted by atomic mass is 16.6. The number of rotatable bonds is 4. The molecule has 1 aliphatic heterocycles. The summed E-state index contributed by atoms with van der Waals surface area (Å²) in [6, 6.07) is 0. The smallest absolute Gasteiger partial charge is 0.137 e. The van der Waals surface area contributed by atoms with Gasteiger partial charge in [-0.2, -0.15) is 0 Å². The lowest BCUT2D eigenvalue weighted by Gasteiger charge is -2.40. The largest absolute Gasteiger partial charge is 0.394 e. The molecule has 1 fully saturated rings.